The van der Waals surface area contributed by atoms with Gasteiger partial charge in [0.1, 0.15) is 0 Å². The molecule has 2 N–H and O–H groups in total. The molecule has 0 bridgehead atoms. The van der Waals surface area contributed by atoms with E-state index < -0.39 is 0 Å². The summed E-state index contributed by atoms with van der Waals surface area (Å²) in [6.45, 7) is 0. The summed E-state index contributed by atoms with van der Waals surface area (Å²) in [5.41, 5.74) is 0.774. The molecule has 4 aromatic carbocycles. The molecule has 1 aromatic heterocycles. The summed E-state index contributed by atoms with van der Waals surface area (Å²) < 4.78 is 1.46. The standard InChI is InChI=1S/C20H13NO2/c22-17-10-11-18(23)21(17)16-9-7-14-5-4-12-2-1-3-13-6-8-15(16)20(14)19(12)13/h1-11,22-23H. The predicted octanol–water partition coefficient (Wildman–Crippen LogP) is 4.79. The zero-order valence-electron chi connectivity index (χ0n) is 12.2. The van der Waals surface area contributed by atoms with E-state index in [9.17, 15) is 10.2 Å². The smallest absolute Gasteiger partial charge is 0.198 e. The maximum absolute atomic E-state index is 10.1. The van der Waals surface area contributed by atoms with Gasteiger partial charge in [-0.05, 0) is 33.0 Å². The van der Waals surface area contributed by atoms with Crippen LogP contribution in [-0.4, -0.2) is 14.8 Å². The van der Waals surface area contributed by atoms with Crippen LogP contribution in [0.1, 0.15) is 0 Å². The average molecular weight is 299 g/mol. The molecule has 0 unspecified atom stereocenters. The molecule has 3 heteroatoms. The highest BCUT2D eigenvalue weighted by Gasteiger charge is 2.15. The van der Waals surface area contributed by atoms with Crippen LogP contribution in [0, 0.1) is 0 Å². The molecule has 0 radical (unpaired) electrons. The van der Waals surface area contributed by atoms with Gasteiger partial charge < -0.3 is 10.2 Å². The Balaban J connectivity index is 2.03. The first-order valence-electron chi connectivity index (χ1n) is 7.50. The van der Waals surface area contributed by atoms with E-state index in [1.165, 1.54) is 32.9 Å². The third-order valence-corrected chi connectivity index (χ3v) is 4.59. The van der Waals surface area contributed by atoms with Crippen LogP contribution < -0.4 is 0 Å². The molecule has 23 heavy (non-hydrogen) atoms. The number of aromatic nitrogens is 1. The molecule has 5 aromatic rings. The maximum Gasteiger partial charge on any atom is 0.198 e. The van der Waals surface area contributed by atoms with E-state index in [-0.39, 0.29) is 11.8 Å². The van der Waals surface area contributed by atoms with E-state index in [4.69, 9.17) is 0 Å². The number of hydrogen-bond donors (Lipinski definition) is 2. The Morgan fingerprint density at radius 2 is 1.13 bits per heavy atom. The quantitative estimate of drug-likeness (QED) is 0.437. The highest BCUT2D eigenvalue weighted by molar-refractivity contribution is 6.24. The number of aromatic hydroxyl groups is 2. The van der Waals surface area contributed by atoms with E-state index in [2.05, 4.69) is 42.5 Å². The Morgan fingerprint density at radius 1 is 0.565 bits per heavy atom. The van der Waals surface area contributed by atoms with Gasteiger partial charge in [-0.25, -0.2) is 0 Å². The van der Waals surface area contributed by atoms with Crippen LogP contribution >= 0.6 is 0 Å². The molecule has 0 aliphatic rings. The lowest BCUT2D eigenvalue weighted by Gasteiger charge is -2.15. The largest absolute Gasteiger partial charge is 0.494 e. The van der Waals surface area contributed by atoms with E-state index in [1.807, 2.05) is 12.1 Å². The first-order valence-corrected chi connectivity index (χ1v) is 7.50. The second-order valence-corrected chi connectivity index (χ2v) is 5.83. The van der Waals surface area contributed by atoms with Crippen molar-refractivity contribution in [2.24, 2.45) is 0 Å². The number of nitrogens with zero attached hydrogens (tertiary/aromatic N) is 1. The van der Waals surface area contributed by atoms with Crippen molar-refractivity contribution in [3.63, 3.8) is 0 Å². The second kappa shape index (κ2) is 4.17. The molecule has 0 fully saturated rings. The summed E-state index contributed by atoms with van der Waals surface area (Å²) in [6, 6.07) is 21.6. The zero-order chi connectivity index (χ0) is 15.6. The Kier molecular flexibility index (Phi) is 2.24. The van der Waals surface area contributed by atoms with Gasteiger partial charge in [0, 0.05) is 17.5 Å². The second-order valence-electron chi connectivity index (χ2n) is 5.83. The molecule has 0 spiro atoms. The van der Waals surface area contributed by atoms with Crippen LogP contribution in [-0.2, 0) is 0 Å². The SMILES string of the molecule is Oc1ccc(O)n1-c1ccc2ccc3cccc4ccc1c2c34. The third kappa shape index (κ3) is 1.53. The van der Waals surface area contributed by atoms with E-state index in [1.54, 1.807) is 0 Å². The van der Waals surface area contributed by atoms with Crippen LogP contribution in [0.3, 0.4) is 0 Å². The Morgan fingerprint density at radius 3 is 1.83 bits per heavy atom. The van der Waals surface area contributed by atoms with Crippen LogP contribution in [0.25, 0.3) is 38.0 Å². The van der Waals surface area contributed by atoms with E-state index >= 15 is 0 Å². The van der Waals surface area contributed by atoms with Gasteiger partial charge in [0.2, 0.25) is 0 Å². The number of rotatable bonds is 1. The summed E-state index contributed by atoms with van der Waals surface area (Å²) in [4.78, 5) is 0. The highest BCUT2D eigenvalue weighted by atomic mass is 16.3. The Bertz CT molecular complexity index is 1150. The fraction of sp³-hybridized carbons (Fsp3) is 0. The Labute approximate surface area is 132 Å². The minimum Gasteiger partial charge on any atom is -0.494 e. The van der Waals surface area contributed by atoms with Crippen molar-refractivity contribution in [1.82, 2.24) is 4.57 Å². The van der Waals surface area contributed by atoms with Crippen molar-refractivity contribution in [1.29, 1.82) is 0 Å². The van der Waals surface area contributed by atoms with Crippen LogP contribution in [0.4, 0.5) is 0 Å². The normalized spacial score (nSPS) is 11.8. The first-order chi connectivity index (χ1) is 11.2. The highest BCUT2D eigenvalue weighted by Crippen LogP contribution is 2.39. The molecule has 1 heterocycles. The van der Waals surface area contributed by atoms with Crippen molar-refractivity contribution in [3.05, 3.63) is 66.7 Å². The van der Waals surface area contributed by atoms with Crippen LogP contribution in [0.2, 0.25) is 0 Å². The minimum atomic E-state index is 0.0255. The van der Waals surface area contributed by atoms with Gasteiger partial charge in [-0.2, -0.15) is 0 Å². The van der Waals surface area contributed by atoms with Gasteiger partial charge >= 0.3 is 0 Å². The summed E-state index contributed by atoms with van der Waals surface area (Å²) in [7, 11) is 0. The van der Waals surface area contributed by atoms with Crippen molar-refractivity contribution in [2.45, 2.75) is 0 Å². The van der Waals surface area contributed by atoms with Gasteiger partial charge in [0.25, 0.3) is 0 Å². The van der Waals surface area contributed by atoms with E-state index in [0.717, 1.165) is 21.8 Å². The predicted molar refractivity (Wildman–Crippen MR) is 92.8 cm³/mol. The lowest BCUT2D eigenvalue weighted by molar-refractivity contribution is 0.403. The van der Waals surface area contributed by atoms with Gasteiger partial charge in [0.15, 0.2) is 11.8 Å². The fourth-order valence-electron chi connectivity index (χ4n) is 3.58. The molecule has 110 valence electrons. The summed E-state index contributed by atoms with van der Waals surface area (Å²) in [6.07, 6.45) is 0. The van der Waals surface area contributed by atoms with Crippen molar-refractivity contribution < 1.29 is 10.2 Å². The first kappa shape index (κ1) is 12.4. The summed E-state index contributed by atoms with van der Waals surface area (Å²) >= 11 is 0. The van der Waals surface area contributed by atoms with Crippen molar-refractivity contribution >= 4 is 32.3 Å². The van der Waals surface area contributed by atoms with Crippen LogP contribution in [0.15, 0.2) is 66.7 Å². The number of benzene rings is 4. The third-order valence-electron chi connectivity index (χ3n) is 4.59. The summed E-state index contributed by atoms with van der Waals surface area (Å²) in [5, 5.41) is 27.1. The lowest BCUT2D eigenvalue weighted by atomic mass is 9.93. The molecule has 5 rings (SSSR count). The molecule has 0 saturated heterocycles. The lowest BCUT2D eigenvalue weighted by Crippen LogP contribution is -1.95. The molecule has 0 aliphatic carbocycles. The Hall–Kier alpha value is -3.20. The minimum absolute atomic E-state index is 0.0255. The molecular formula is C20H13NO2. The van der Waals surface area contributed by atoms with Gasteiger partial charge in [0.05, 0.1) is 5.69 Å². The summed E-state index contributed by atoms with van der Waals surface area (Å²) in [5.74, 6) is 0.0510. The van der Waals surface area contributed by atoms with Crippen molar-refractivity contribution in [2.75, 3.05) is 0 Å². The molecule has 0 amide bonds. The fourth-order valence-corrected chi connectivity index (χ4v) is 3.58. The molecule has 0 aliphatic heterocycles. The van der Waals surface area contributed by atoms with E-state index in [0.29, 0.717) is 0 Å². The van der Waals surface area contributed by atoms with Gasteiger partial charge in [-0.1, -0.05) is 48.5 Å². The van der Waals surface area contributed by atoms with Gasteiger partial charge in [-0.3, -0.25) is 4.57 Å². The average Bonchev–Trinajstić information content (AvgIpc) is 2.91. The topological polar surface area (TPSA) is 45.4 Å². The zero-order valence-corrected chi connectivity index (χ0v) is 12.2. The monoisotopic (exact) mass is 299 g/mol. The maximum atomic E-state index is 10.1. The molecular weight excluding hydrogens is 286 g/mol. The molecule has 0 atom stereocenters. The number of hydrogen-bond acceptors (Lipinski definition) is 2. The molecule has 3 nitrogen and oxygen atoms in total. The van der Waals surface area contributed by atoms with Crippen molar-refractivity contribution in [3.8, 4) is 17.4 Å². The van der Waals surface area contributed by atoms with Gasteiger partial charge in [-0.15, -0.1) is 0 Å². The molecule has 0 saturated carbocycles. The van der Waals surface area contributed by atoms with Crippen LogP contribution in [0.5, 0.6) is 11.8 Å².